The van der Waals surface area contributed by atoms with Crippen molar-refractivity contribution in [2.75, 3.05) is 6.54 Å². The van der Waals surface area contributed by atoms with E-state index in [2.05, 4.69) is 5.32 Å². The number of nitrogens with one attached hydrogen (secondary N) is 1. The molecule has 1 N–H and O–H groups in total. The Kier molecular flexibility index (Phi) is 4.79. The lowest BCUT2D eigenvalue weighted by Gasteiger charge is -2.34. The van der Waals surface area contributed by atoms with Crippen molar-refractivity contribution >= 4 is 0 Å². The van der Waals surface area contributed by atoms with Gasteiger partial charge in [0.05, 0.1) is 0 Å². The zero-order chi connectivity index (χ0) is 13.9. The summed E-state index contributed by atoms with van der Waals surface area (Å²) >= 11 is 0. The van der Waals surface area contributed by atoms with Gasteiger partial charge in [-0.3, -0.25) is 0 Å². The van der Waals surface area contributed by atoms with Crippen molar-refractivity contribution in [3.05, 3.63) is 35.1 Å². The molecule has 0 amide bonds. The van der Waals surface area contributed by atoms with E-state index in [1.54, 1.807) is 0 Å². The van der Waals surface area contributed by atoms with Gasteiger partial charge in [-0.05, 0) is 24.4 Å². The molecular formula is C14H20F3N. The molecule has 0 aromatic heterocycles. The van der Waals surface area contributed by atoms with Crippen molar-refractivity contribution in [2.24, 2.45) is 5.41 Å². The molecule has 1 atom stereocenters. The molecule has 0 aliphatic carbocycles. The third-order valence-corrected chi connectivity index (χ3v) is 3.48. The lowest BCUT2D eigenvalue weighted by atomic mass is 9.78. The normalized spacial score (nSPS) is 13.7. The van der Waals surface area contributed by atoms with Crippen LogP contribution in [0.5, 0.6) is 0 Å². The lowest BCUT2D eigenvalue weighted by molar-refractivity contribution is 0.230. The molecule has 0 bridgehead atoms. The van der Waals surface area contributed by atoms with Crippen molar-refractivity contribution < 1.29 is 13.2 Å². The Morgan fingerprint density at radius 3 is 2.22 bits per heavy atom. The molecule has 1 aromatic carbocycles. The Bertz CT molecular complexity index is 416. The number of hydrogen-bond acceptors (Lipinski definition) is 1. The van der Waals surface area contributed by atoms with Crippen LogP contribution in [-0.2, 0) is 0 Å². The first-order valence-corrected chi connectivity index (χ1v) is 6.21. The van der Waals surface area contributed by atoms with Gasteiger partial charge in [0.25, 0.3) is 0 Å². The summed E-state index contributed by atoms with van der Waals surface area (Å²) in [5.74, 6) is -3.65. The van der Waals surface area contributed by atoms with Gasteiger partial charge in [0.2, 0.25) is 0 Å². The second-order valence-electron chi connectivity index (χ2n) is 5.10. The summed E-state index contributed by atoms with van der Waals surface area (Å²) < 4.78 is 40.1. The van der Waals surface area contributed by atoms with Crippen LogP contribution in [0.25, 0.3) is 0 Å². The van der Waals surface area contributed by atoms with E-state index in [4.69, 9.17) is 0 Å². The first kappa shape index (κ1) is 15.0. The average Bonchev–Trinajstić information content (AvgIpc) is 2.34. The molecule has 1 rings (SSSR count). The fraction of sp³-hybridized carbons (Fsp3) is 0.571. The lowest BCUT2D eigenvalue weighted by Crippen LogP contribution is -2.34. The fourth-order valence-electron chi connectivity index (χ4n) is 1.98. The van der Waals surface area contributed by atoms with Gasteiger partial charge in [-0.2, -0.15) is 0 Å². The second kappa shape index (κ2) is 5.74. The highest BCUT2D eigenvalue weighted by molar-refractivity contribution is 5.25. The van der Waals surface area contributed by atoms with Crippen LogP contribution in [0.15, 0.2) is 12.1 Å². The van der Waals surface area contributed by atoms with Crippen molar-refractivity contribution in [3.8, 4) is 0 Å². The van der Waals surface area contributed by atoms with Gasteiger partial charge in [-0.1, -0.05) is 33.8 Å². The number of hydrogen-bond donors (Lipinski definition) is 1. The summed E-state index contributed by atoms with van der Waals surface area (Å²) in [7, 11) is 0. The summed E-state index contributed by atoms with van der Waals surface area (Å²) in [4.78, 5) is 0. The SMILES string of the molecule is CCNC(c1ccc(F)c(F)c1F)C(C)(C)CC. The van der Waals surface area contributed by atoms with Crippen molar-refractivity contribution in [1.29, 1.82) is 0 Å². The second-order valence-corrected chi connectivity index (χ2v) is 5.10. The van der Waals surface area contributed by atoms with E-state index in [-0.39, 0.29) is 17.0 Å². The van der Waals surface area contributed by atoms with Gasteiger partial charge in [0.15, 0.2) is 17.5 Å². The van der Waals surface area contributed by atoms with Crippen LogP contribution < -0.4 is 5.32 Å². The summed E-state index contributed by atoms with van der Waals surface area (Å²) in [6.45, 7) is 8.47. The Hall–Kier alpha value is -1.03. The van der Waals surface area contributed by atoms with E-state index in [0.29, 0.717) is 6.54 Å². The zero-order valence-corrected chi connectivity index (χ0v) is 11.3. The average molecular weight is 259 g/mol. The molecule has 0 saturated heterocycles. The van der Waals surface area contributed by atoms with E-state index in [9.17, 15) is 13.2 Å². The molecule has 0 saturated carbocycles. The van der Waals surface area contributed by atoms with E-state index in [1.165, 1.54) is 6.07 Å². The Labute approximate surface area is 106 Å². The topological polar surface area (TPSA) is 12.0 Å². The number of rotatable bonds is 5. The predicted molar refractivity (Wildman–Crippen MR) is 66.8 cm³/mol. The van der Waals surface area contributed by atoms with Gasteiger partial charge in [-0.15, -0.1) is 0 Å². The molecule has 102 valence electrons. The predicted octanol–water partition coefficient (Wildman–Crippen LogP) is 4.19. The fourth-order valence-corrected chi connectivity index (χ4v) is 1.98. The maximum atomic E-state index is 13.8. The summed E-state index contributed by atoms with van der Waals surface area (Å²) in [6, 6.07) is 1.95. The van der Waals surface area contributed by atoms with E-state index in [0.717, 1.165) is 12.5 Å². The third kappa shape index (κ3) is 2.86. The van der Waals surface area contributed by atoms with Gasteiger partial charge in [0.1, 0.15) is 0 Å². The molecule has 0 aliphatic rings. The smallest absolute Gasteiger partial charge is 0.194 e. The van der Waals surface area contributed by atoms with Crippen LogP contribution >= 0.6 is 0 Å². The molecule has 1 nitrogen and oxygen atoms in total. The first-order valence-electron chi connectivity index (χ1n) is 6.21. The Morgan fingerprint density at radius 2 is 1.72 bits per heavy atom. The molecular weight excluding hydrogens is 239 g/mol. The zero-order valence-electron chi connectivity index (χ0n) is 11.3. The summed E-state index contributed by atoms with van der Waals surface area (Å²) in [6.07, 6.45) is 0.795. The molecule has 0 spiro atoms. The van der Waals surface area contributed by atoms with Crippen molar-refractivity contribution in [3.63, 3.8) is 0 Å². The highest BCUT2D eigenvalue weighted by atomic mass is 19.2. The minimum atomic E-state index is -1.40. The molecule has 1 unspecified atom stereocenters. The minimum absolute atomic E-state index is 0.183. The quantitative estimate of drug-likeness (QED) is 0.782. The van der Waals surface area contributed by atoms with Gasteiger partial charge in [0, 0.05) is 11.6 Å². The third-order valence-electron chi connectivity index (χ3n) is 3.48. The van der Waals surface area contributed by atoms with E-state index >= 15 is 0 Å². The van der Waals surface area contributed by atoms with Gasteiger partial charge in [-0.25, -0.2) is 13.2 Å². The van der Waals surface area contributed by atoms with E-state index in [1.807, 2.05) is 27.7 Å². The van der Waals surface area contributed by atoms with Crippen LogP contribution in [-0.4, -0.2) is 6.54 Å². The largest absolute Gasteiger partial charge is 0.310 e. The number of halogens is 3. The summed E-state index contributed by atoms with van der Waals surface area (Å²) in [5, 5.41) is 3.15. The Morgan fingerprint density at radius 1 is 1.11 bits per heavy atom. The molecule has 18 heavy (non-hydrogen) atoms. The molecule has 0 fully saturated rings. The van der Waals surface area contributed by atoms with Gasteiger partial charge < -0.3 is 5.32 Å². The van der Waals surface area contributed by atoms with Crippen LogP contribution in [0.3, 0.4) is 0 Å². The number of benzene rings is 1. The van der Waals surface area contributed by atoms with E-state index < -0.39 is 17.5 Å². The molecule has 0 aliphatic heterocycles. The van der Waals surface area contributed by atoms with Crippen LogP contribution in [0.4, 0.5) is 13.2 Å². The highest BCUT2D eigenvalue weighted by Gasteiger charge is 2.31. The molecule has 1 aromatic rings. The Balaban J connectivity index is 3.27. The summed E-state index contributed by atoms with van der Waals surface area (Å²) in [5.41, 5.74) is -0.0659. The van der Waals surface area contributed by atoms with Crippen LogP contribution in [0.2, 0.25) is 0 Å². The maximum absolute atomic E-state index is 13.8. The monoisotopic (exact) mass is 259 g/mol. The highest BCUT2D eigenvalue weighted by Crippen LogP contribution is 2.37. The van der Waals surface area contributed by atoms with Crippen molar-refractivity contribution in [1.82, 2.24) is 5.32 Å². The van der Waals surface area contributed by atoms with Crippen LogP contribution in [0, 0.1) is 22.9 Å². The minimum Gasteiger partial charge on any atom is -0.310 e. The standard InChI is InChI=1S/C14H20F3N/c1-5-14(3,4)13(18-6-2)9-7-8-10(15)12(17)11(9)16/h7-8,13,18H,5-6H2,1-4H3. The van der Waals surface area contributed by atoms with Gasteiger partial charge >= 0.3 is 0 Å². The molecule has 0 heterocycles. The first-order chi connectivity index (χ1) is 8.35. The maximum Gasteiger partial charge on any atom is 0.194 e. The van der Waals surface area contributed by atoms with Crippen LogP contribution in [0.1, 0.15) is 45.7 Å². The van der Waals surface area contributed by atoms with Crippen molar-refractivity contribution in [2.45, 2.75) is 40.2 Å². The molecule has 4 heteroatoms. The molecule has 0 radical (unpaired) electrons.